The van der Waals surface area contributed by atoms with Crippen molar-refractivity contribution in [3.05, 3.63) is 0 Å². The Kier molecular flexibility index (Phi) is 5.19. The number of esters is 1. The number of aliphatic hydroxyl groups is 1. The molecule has 0 aromatic rings. The summed E-state index contributed by atoms with van der Waals surface area (Å²) < 4.78 is 41.3. The number of halogens is 3. The Hall–Kier alpha value is -1.73. The third-order valence-electron chi connectivity index (χ3n) is 1.96. The largest absolute Gasteiger partial charge is 0.490 e. The molecule has 0 saturated carbocycles. The second kappa shape index (κ2) is 5.74. The summed E-state index contributed by atoms with van der Waals surface area (Å²) in [6, 6.07) is 0. The van der Waals surface area contributed by atoms with Crippen LogP contribution in [0, 0.1) is 5.53 Å². The highest BCUT2D eigenvalue weighted by atomic mass is 19.4. The molecule has 0 aromatic carbocycles. The zero-order valence-corrected chi connectivity index (χ0v) is 9.67. The van der Waals surface area contributed by atoms with Gasteiger partial charge in [0.2, 0.25) is 0 Å². The lowest BCUT2D eigenvalue weighted by atomic mass is 9.96. The summed E-state index contributed by atoms with van der Waals surface area (Å²) in [5.74, 6) is -2.71. The van der Waals surface area contributed by atoms with Gasteiger partial charge in [0.1, 0.15) is 0 Å². The molecule has 0 rings (SSSR count). The number of ketones is 1. The van der Waals surface area contributed by atoms with E-state index in [-0.39, 0.29) is 6.61 Å². The monoisotopic (exact) mass is 269 g/mol. The van der Waals surface area contributed by atoms with Crippen LogP contribution in [0.4, 0.5) is 13.2 Å². The summed E-state index contributed by atoms with van der Waals surface area (Å²) in [5, 5.41) is 9.06. The van der Waals surface area contributed by atoms with Gasteiger partial charge in [-0.2, -0.15) is 13.2 Å². The van der Waals surface area contributed by atoms with E-state index in [1.807, 2.05) is 0 Å². The van der Waals surface area contributed by atoms with E-state index in [2.05, 4.69) is 9.53 Å². The number of carbonyl (C=O) groups excluding carboxylic acids is 2. The first-order valence-electron chi connectivity index (χ1n) is 4.80. The van der Waals surface area contributed by atoms with E-state index in [0.29, 0.717) is 6.92 Å². The molecule has 0 bridgehead atoms. The minimum Gasteiger partial charge on any atom is -0.457 e. The zero-order chi connectivity index (χ0) is 14.6. The number of rotatable bonds is 5. The molecule has 0 aliphatic rings. The molecule has 102 valence electrons. The molecule has 1 unspecified atom stereocenters. The number of hydrogen-bond donors (Lipinski definition) is 2. The molecular weight excluding hydrogens is 257 g/mol. The lowest BCUT2D eigenvalue weighted by Crippen LogP contribution is -2.46. The molecule has 0 spiro atoms. The second-order valence-corrected chi connectivity index (χ2v) is 3.55. The lowest BCUT2D eigenvalue weighted by molar-refractivity contribution is -0.253. The summed E-state index contributed by atoms with van der Waals surface area (Å²) in [4.78, 5) is 25.0. The molecule has 9 heteroatoms. The highest BCUT2D eigenvalue weighted by Crippen LogP contribution is 2.32. The minimum atomic E-state index is -5.04. The fourth-order valence-electron chi connectivity index (χ4n) is 0.918. The summed E-state index contributed by atoms with van der Waals surface area (Å²) in [5.41, 5.74) is 2.19. The van der Waals surface area contributed by atoms with Crippen LogP contribution in [0.3, 0.4) is 0 Å². The maximum Gasteiger partial charge on any atom is 0.490 e. The van der Waals surface area contributed by atoms with Crippen molar-refractivity contribution in [1.82, 2.24) is 0 Å². The number of alkyl halides is 3. The first-order chi connectivity index (χ1) is 8.06. The van der Waals surface area contributed by atoms with Crippen molar-refractivity contribution in [1.29, 1.82) is 5.53 Å². The van der Waals surface area contributed by atoms with Gasteiger partial charge in [0.15, 0.2) is 5.60 Å². The number of hydrogen-bond acceptors (Lipinski definition) is 5. The van der Waals surface area contributed by atoms with Crippen LogP contribution in [-0.2, 0) is 14.3 Å². The zero-order valence-electron chi connectivity index (χ0n) is 9.67. The maximum atomic E-state index is 12.3. The van der Waals surface area contributed by atoms with Gasteiger partial charge in [-0.3, -0.25) is 4.79 Å². The minimum absolute atomic E-state index is 0.124. The van der Waals surface area contributed by atoms with E-state index in [4.69, 9.17) is 10.6 Å². The lowest BCUT2D eigenvalue weighted by Gasteiger charge is -2.24. The summed E-state index contributed by atoms with van der Waals surface area (Å²) in [7, 11) is 0. The number of ether oxygens (including phenoxy) is 1. The fraction of sp³-hybridized carbons (Fsp3) is 0.667. The Morgan fingerprint density at radius 1 is 1.39 bits per heavy atom. The highest BCUT2D eigenvalue weighted by Gasteiger charge is 2.53. The molecular formula is C9H12F3N2O4+. The number of nitrogens with one attached hydrogen (secondary N) is 1. The Labute approximate surface area is 100.0 Å². The van der Waals surface area contributed by atoms with E-state index in [1.165, 1.54) is 6.92 Å². The molecule has 0 heterocycles. The van der Waals surface area contributed by atoms with Crippen LogP contribution in [0.15, 0.2) is 0 Å². The van der Waals surface area contributed by atoms with Gasteiger partial charge in [0.05, 0.1) is 23.3 Å². The normalized spacial score (nSPS) is 14.3. The van der Waals surface area contributed by atoms with Crippen LogP contribution < -0.4 is 0 Å². The van der Waals surface area contributed by atoms with Gasteiger partial charge in [-0.1, -0.05) is 0 Å². The average Bonchev–Trinajstić information content (AvgIpc) is 2.16. The van der Waals surface area contributed by atoms with Crippen LogP contribution >= 0.6 is 0 Å². The van der Waals surface area contributed by atoms with E-state index < -0.39 is 35.7 Å². The quantitative estimate of drug-likeness (QED) is 0.249. The van der Waals surface area contributed by atoms with E-state index in [9.17, 15) is 22.8 Å². The molecule has 0 saturated heterocycles. The SMILES string of the molecule is CCOC(=O)C(=[N+]=N)C(=O)CC(C)(O)C(F)(F)F. The molecule has 2 N–H and O–H groups in total. The summed E-state index contributed by atoms with van der Waals surface area (Å²) >= 11 is 0. The van der Waals surface area contributed by atoms with Gasteiger partial charge in [-0.25, -0.2) is 4.79 Å². The topological polar surface area (TPSA) is 102 Å². The van der Waals surface area contributed by atoms with Crippen molar-refractivity contribution in [2.75, 3.05) is 6.61 Å². The molecule has 0 radical (unpaired) electrons. The predicted octanol–water partition coefficient (Wildman–Crippen LogP) is 0.502. The van der Waals surface area contributed by atoms with E-state index in [0.717, 1.165) is 0 Å². The van der Waals surface area contributed by atoms with Crippen LogP contribution in [-0.4, -0.2) is 45.7 Å². The van der Waals surface area contributed by atoms with Crippen molar-refractivity contribution in [3.8, 4) is 0 Å². The summed E-state index contributed by atoms with van der Waals surface area (Å²) in [6.45, 7) is 1.67. The van der Waals surface area contributed by atoms with Gasteiger partial charge >= 0.3 is 17.9 Å². The molecule has 0 amide bonds. The Morgan fingerprint density at radius 3 is 2.22 bits per heavy atom. The van der Waals surface area contributed by atoms with Crippen LogP contribution in [0.25, 0.3) is 0 Å². The van der Waals surface area contributed by atoms with Gasteiger partial charge in [-0.15, -0.1) is 0 Å². The number of carbonyl (C=O) groups is 2. The van der Waals surface area contributed by atoms with Crippen molar-refractivity contribution in [2.24, 2.45) is 0 Å². The molecule has 0 aliphatic carbocycles. The first kappa shape index (κ1) is 16.3. The average molecular weight is 269 g/mol. The van der Waals surface area contributed by atoms with Crippen LogP contribution in [0.2, 0.25) is 0 Å². The highest BCUT2D eigenvalue weighted by molar-refractivity contribution is 6.62. The van der Waals surface area contributed by atoms with Crippen molar-refractivity contribution in [2.45, 2.75) is 32.0 Å². The smallest absolute Gasteiger partial charge is 0.457 e. The first-order valence-corrected chi connectivity index (χ1v) is 4.80. The van der Waals surface area contributed by atoms with Gasteiger partial charge < -0.3 is 9.84 Å². The Morgan fingerprint density at radius 2 is 1.89 bits per heavy atom. The van der Waals surface area contributed by atoms with E-state index >= 15 is 0 Å². The van der Waals surface area contributed by atoms with Crippen LogP contribution in [0.1, 0.15) is 20.3 Å². The van der Waals surface area contributed by atoms with Crippen LogP contribution in [0.5, 0.6) is 0 Å². The molecule has 1 atom stereocenters. The number of nitrogens with zero attached hydrogens (tertiary/aromatic N) is 1. The Bertz CT molecular complexity index is 397. The van der Waals surface area contributed by atoms with Gasteiger partial charge in [0.25, 0.3) is 5.78 Å². The van der Waals surface area contributed by atoms with Crippen molar-refractivity contribution >= 4 is 17.5 Å². The third kappa shape index (κ3) is 3.94. The molecule has 0 aromatic heterocycles. The third-order valence-corrected chi connectivity index (χ3v) is 1.96. The molecule has 18 heavy (non-hydrogen) atoms. The van der Waals surface area contributed by atoms with Gasteiger partial charge in [-0.05, 0) is 13.8 Å². The molecule has 6 nitrogen and oxygen atoms in total. The summed E-state index contributed by atoms with van der Waals surface area (Å²) in [6.07, 6.45) is -6.45. The van der Waals surface area contributed by atoms with Crippen molar-refractivity contribution in [3.63, 3.8) is 0 Å². The fourth-order valence-corrected chi connectivity index (χ4v) is 0.918. The molecule has 0 aliphatic heterocycles. The molecule has 0 fully saturated rings. The number of Topliss-reactive ketones (excluding diaryl/α,β-unsaturated/α-hetero) is 1. The predicted molar refractivity (Wildman–Crippen MR) is 50.9 cm³/mol. The maximum absolute atomic E-state index is 12.3. The standard InChI is InChI=1S/C9H12F3N2O4/c1-3-18-7(16)6(14-13)5(15)4-8(2,17)9(10,11)12/h13,17H,3-4H2,1-2H3/q+1. The Balaban J connectivity index is 4.98. The van der Waals surface area contributed by atoms with Gasteiger partial charge in [0, 0.05) is 0 Å². The van der Waals surface area contributed by atoms with E-state index in [1.54, 1.807) is 0 Å². The second-order valence-electron chi connectivity index (χ2n) is 3.55. The van der Waals surface area contributed by atoms with Crippen molar-refractivity contribution < 1.29 is 37.4 Å².